The van der Waals surface area contributed by atoms with Gasteiger partial charge in [0.15, 0.2) is 0 Å². The third-order valence-electron chi connectivity index (χ3n) is 7.82. The molecule has 42 heavy (non-hydrogen) atoms. The Balaban J connectivity index is 4.28. The predicted octanol–water partition coefficient (Wildman–Crippen LogP) is 8.77. The summed E-state index contributed by atoms with van der Waals surface area (Å²) in [6.45, 7) is 4.88. The summed E-state index contributed by atoms with van der Waals surface area (Å²) < 4.78 is 5.88. The maximum Gasteiger partial charge on any atom is 0.326 e. The highest BCUT2D eigenvalue weighted by molar-refractivity contribution is 5.83. The fourth-order valence-electron chi connectivity index (χ4n) is 5.12. The van der Waals surface area contributed by atoms with Crippen molar-refractivity contribution >= 4 is 17.8 Å². The number of hydrogen-bond donors (Lipinski definition) is 3. The summed E-state index contributed by atoms with van der Waals surface area (Å²) in [7, 11) is 0. The van der Waals surface area contributed by atoms with Gasteiger partial charge >= 0.3 is 11.9 Å². The number of nitrogens with two attached hydrogens (primary N) is 1. The van der Waals surface area contributed by atoms with Crippen LogP contribution in [0.15, 0.2) is 12.2 Å². The molecule has 1 amide bonds. The van der Waals surface area contributed by atoms with Crippen LogP contribution < -0.4 is 11.1 Å². The normalized spacial score (nSPS) is 12.8. The van der Waals surface area contributed by atoms with Gasteiger partial charge in [0.25, 0.3) is 0 Å². The van der Waals surface area contributed by atoms with Gasteiger partial charge in [0.1, 0.15) is 12.1 Å². The van der Waals surface area contributed by atoms with E-state index in [2.05, 4.69) is 31.3 Å². The van der Waals surface area contributed by atoms with Crippen LogP contribution in [0.25, 0.3) is 0 Å². The lowest BCUT2D eigenvalue weighted by molar-refractivity contribution is -0.147. The fraction of sp³-hybridized carbons (Fsp3) is 0.857. The minimum absolute atomic E-state index is 0.0655. The molecule has 7 nitrogen and oxygen atoms in total. The van der Waals surface area contributed by atoms with Crippen molar-refractivity contribution < 1.29 is 24.2 Å². The van der Waals surface area contributed by atoms with Gasteiger partial charge in [-0.1, -0.05) is 116 Å². The maximum atomic E-state index is 12.5. The molecule has 2 unspecified atom stereocenters. The standard InChI is InChI=1S/C35H66N2O5/c1-3-5-7-9-11-13-16-20-25-31(42-34(39)29-23-19-12-10-8-6-4-2)26-21-17-14-15-18-22-28-33(38)37-32(35(40)41)27-24-30-36/h20,25,31-32H,3-19,21-24,26-30,36H2,1-2H3,(H,37,38)(H,40,41)/b25-20-. The average molecular weight is 595 g/mol. The molecular formula is C35H66N2O5. The molecule has 4 N–H and O–H groups in total. The summed E-state index contributed by atoms with van der Waals surface area (Å²) in [5.74, 6) is -1.27. The molecular weight excluding hydrogens is 528 g/mol. The van der Waals surface area contributed by atoms with Crippen LogP contribution in [-0.2, 0) is 19.1 Å². The lowest BCUT2D eigenvalue weighted by Crippen LogP contribution is -2.40. The molecule has 0 aromatic rings. The Morgan fingerprint density at radius 3 is 1.79 bits per heavy atom. The zero-order valence-corrected chi connectivity index (χ0v) is 27.4. The van der Waals surface area contributed by atoms with E-state index in [1.807, 2.05) is 0 Å². The number of carbonyl (C=O) groups is 3. The van der Waals surface area contributed by atoms with Crippen LogP contribution in [0.4, 0.5) is 0 Å². The summed E-state index contributed by atoms with van der Waals surface area (Å²) in [6.07, 6.45) is 29.9. The van der Waals surface area contributed by atoms with Crippen LogP contribution in [-0.4, -0.2) is 41.6 Å². The van der Waals surface area contributed by atoms with Gasteiger partial charge in [-0.2, -0.15) is 0 Å². The molecule has 0 aromatic carbocycles. The van der Waals surface area contributed by atoms with Gasteiger partial charge in [-0.05, 0) is 64.0 Å². The molecule has 0 spiro atoms. The van der Waals surface area contributed by atoms with Gasteiger partial charge in [0, 0.05) is 12.8 Å². The third-order valence-corrected chi connectivity index (χ3v) is 7.82. The van der Waals surface area contributed by atoms with Gasteiger partial charge in [-0.25, -0.2) is 4.79 Å². The molecule has 7 heteroatoms. The number of carboxylic acid groups (broad SMARTS) is 1. The molecule has 0 aliphatic carbocycles. The number of amides is 1. The van der Waals surface area contributed by atoms with Gasteiger partial charge < -0.3 is 20.9 Å². The largest absolute Gasteiger partial charge is 0.480 e. The Morgan fingerprint density at radius 2 is 1.21 bits per heavy atom. The van der Waals surface area contributed by atoms with Gasteiger partial charge in [-0.15, -0.1) is 0 Å². The Hall–Kier alpha value is -1.89. The van der Waals surface area contributed by atoms with Crippen molar-refractivity contribution in [2.75, 3.05) is 6.54 Å². The molecule has 0 radical (unpaired) electrons. The van der Waals surface area contributed by atoms with Gasteiger partial charge in [0.2, 0.25) is 5.91 Å². The highest BCUT2D eigenvalue weighted by Gasteiger charge is 2.18. The quantitative estimate of drug-likeness (QED) is 0.0419. The number of rotatable bonds is 31. The average Bonchev–Trinajstić information content (AvgIpc) is 2.97. The second kappa shape index (κ2) is 30.6. The van der Waals surface area contributed by atoms with Crippen molar-refractivity contribution in [1.29, 1.82) is 0 Å². The first kappa shape index (κ1) is 40.1. The minimum Gasteiger partial charge on any atom is -0.480 e. The van der Waals surface area contributed by atoms with Crippen LogP contribution in [0.2, 0.25) is 0 Å². The number of nitrogens with one attached hydrogen (secondary N) is 1. The van der Waals surface area contributed by atoms with E-state index in [4.69, 9.17) is 10.5 Å². The van der Waals surface area contributed by atoms with Crippen LogP contribution in [0.3, 0.4) is 0 Å². The van der Waals surface area contributed by atoms with E-state index in [-0.39, 0.29) is 18.0 Å². The summed E-state index contributed by atoms with van der Waals surface area (Å²) in [4.78, 5) is 35.9. The van der Waals surface area contributed by atoms with E-state index in [0.717, 1.165) is 64.2 Å². The lowest BCUT2D eigenvalue weighted by Gasteiger charge is -2.15. The second-order valence-electron chi connectivity index (χ2n) is 11.9. The van der Waals surface area contributed by atoms with E-state index >= 15 is 0 Å². The van der Waals surface area contributed by atoms with E-state index < -0.39 is 12.0 Å². The van der Waals surface area contributed by atoms with Crippen molar-refractivity contribution in [2.45, 2.75) is 187 Å². The molecule has 0 aliphatic rings. The van der Waals surface area contributed by atoms with Crippen LogP contribution >= 0.6 is 0 Å². The van der Waals surface area contributed by atoms with Crippen molar-refractivity contribution in [3.63, 3.8) is 0 Å². The highest BCUT2D eigenvalue weighted by Crippen LogP contribution is 2.16. The van der Waals surface area contributed by atoms with Crippen molar-refractivity contribution in [2.24, 2.45) is 5.73 Å². The molecule has 0 saturated carbocycles. The number of ether oxygens (including phenoxy) is 1. The Bertz CT molecular complexity index is 682. The van der Waals surface area contributed by atoms with Crippen LogP contribution in [0, 0.1) is 0 Å². The van der Waals surface area contributed by atoms with Crippen LogP contribution in [0.1, 0.15) is 174 Å². The third kappa shape index (κ3) is 27.0. The number of allylic oxidation sites excluding steroid dienone is 1. The SMILES string of the molecule is CCCCCCCC/C=C\C(CCCCCCCCC(=O)NC(CCCN)C(=O)O)OC(=O)CCCCCCCCC. The summed E-state index contributed by atoms with van der Waals surface area (Å²) in [5.41, 5.74) is 5.45. The molecule has 0 fully saturated rings. The smallest absolute Gasteiger partial charge is 0.326 e. The summed E-state index contributed by atoms with van der Waals surface area (Å²) >= 11 is 0. The van der Waals surface area contributed by atoms with E-state index in [1.54, 1.807) is 0 Å². The Kier molecular flexibility index (Phi) is 29.2. The monoisotopic (exact) mass is 594 g/mol. The molecule has 0 heterocycles. The molecule has 0 bridgehead atoms. The van der Waals surface area contributed by atoms with E-state index in [1.165, 1.54) is 70.6 Å². The molecule has 246 valence electrons. The van der Waals surface area contributed by atoms with E-state index in [9.17, 15) is 19.5 Å². The number of hydrogen-bond acceptors (Lipinski definition) is 5. The topological polar surface area (TPSA) is 119 Å². The number of carbonyl (C=O) groups excluding carboxylic acids is 2. The highest BCUT2D eigenvalue weighted by atomic mass is 16.5. The number of aliphatic carboxylic acids is 1. The lowest BCUT2D eigenvalue weighted by atomic mass is 10.0. The number of carboxylic acids is 1. The molecule has 0 aliphatic heterocycles. The van der Waals surface area contributed by atoms with Gasteiger partial charge in [-0.3, -0.25) is 9.59 Å². The molecule has 2 atom stereocenters. The van der Waals surface area contributed by atoms with Crippen molar-refractivity contribution in [1.82, 2.24) is 5.32 Å². The van der Waals surface area contributed by atoms with Crippen molar-refractivity contribution in [3.8, 4) is 0 Å². The first-order valence-electron chi connectivity index (χ1n) is 17.5. The minimum atomic E-state index is -1.00. The summed E-state index contributed by atoms with van der Waals surface area (Å²) in [5, 5.41) is 11.8. The van der Waals surface area contributed by atoms with Crippen molar-refractivity contribution in [3.05, 3.63) is 12.2 Å². The fourth-order valence-corrected chi connectivity index (χ4v) is 5.12. The van der Waals surface area contributed by atoms with E-state index in [0.29, 0.717) is 32.2 Å². The first-order chi connectivity index (χ1) is 20.4. The Labute approximate surface area is 258 Å². The zero-order chi connectivity index (χ0) is 31.1. The second-order valence-corrected chi connectivity index (χ2v) is 11.9. The van der Waals surface area contributed by atoms with Gasteiger partial charge in [0.05, 0.1) is 0 Å². The molecule has 0 rings (SSSR count). The number of esters is 1. The predicted molar refractivity (Wildman–Crippen MR) is 174 cm³/mol. The molecule has 0 saturated heterocycles. The zero-order valence-electron chi connectivity index (χ0n) is 27.4. The number of unbranched alkanes of at least 4 members (excludes halogenated alkanes) is 17. The van der Waals surface area contributed by atoms with Crippen LogP contribution in [0.5, 0.6) is 0 Å². The first-order valence-corrected chi connectivity index (χ1v) is 17.5. The summed E-state index contributed by atoms with van der Waals surface area (Å²) in [6, 6.07) is -0.849. The maximum absolute atomic E-state index is 12.5. The Morgan fingerprint density at radius 1 is 0.690 bits per heavy atom. The molecule has 0 aromatic heterocycles.